The van der Waals surface area contributed by atoms with Crippen molar-refractivity contribution in [2.75, 3.05) is 31.7 Å². The number of fused-ring (bicyclic) bond motifs is 2. The van der Waals surface area contributed by atoms with Gasteiger partial charge in [-0.15, -0.1) is 0 Å². The smallest absolute Gasteiger partial charge is 0.325 e. The molecule has 3 amide bonds. The van der Waals surface area contributed by atoms with E-state index in [9.17, 15) is 19.5 Å². The average Bonchev–Trinajstić information content (AvgIpc) is 3.27. The number of benzene rings is 1. The minimum Gasteiger partial charge on any atom is -0.481 e. The van der Waals surface area contributed by atoms with E-state index in [1.807, 2.05) is 4.90 Å². The maximum absolute atomic E-state index is 12.2. The van der Waals surface area contributed by atoms with Crippen LogP contribution in [0.5, 0.6) is 11.5 Å². The van der Waals surface area contributed by atoms with Crippen LogP contribution >= 0.6 is 0 Å². The van der Waals surface area contributed by atoms with Crippen molar-refractivity contribution >= 4 is 23.6 Å². The first-order chi connectivity index (χ1) is 13.0. The highest BCUT2D eigenvalue weighted by Crippen LogP contribution is 2.48. The third-order valence-electron chi connectivity index (χ3n) is 5.62. The number of nitrogens with zero attached hydrogens (tertiary/aromatic N) is 1. The highest BCUT2D eigenvalue weighted by atomic mass is 16.7. The van der Waals surface area contributed by atoms with Crippen LogP contribution in [0.1, 0.15) is 19.3 Å². The van der Waals surface area contributed by atoms with Crippen molar-refractivity contribution in [3.63, 3.8) is 0 Å². The molecular weight excluding hydrogens is 354 g/mol. The lowest BCUT2D eigenvalue weighted by Crippen LogP contribution is -2.42. The number of rotatable bonds is 4. The van der Waals surface area contributed by atoms with Gasteiger partial charge in [-0.2, -0.15) is 0 Å². The Morgan fingerprint density at radius 3 is 2.85 bits per heavy atom. The van der Waals surface area contributed by atoms with Crippen LogP contribution in [0.4, 0.5) is 10.5 Å². The molecule has 9 heteroatoms. The second-order valence-corrected chi connectivity index (χ2v) is 7.29. The summed E-state index contributed by atoms with van der Waals surface area (Å²) in [5, 5.41) is 14.4. The molecule has 1 aliphatic carbocycles. The second kappa shape index (κ2) is 6.73. The molecule has 9 nitrogen and oxygen atoms in total. The van der Waals surface area contributed by atoms with Gasteiger partial charge in [-0.05, 0) is 30.9 Å². The number of carbonyl (C=O) groups is 3. The molecule has 0 spiro atoms. The highest BCUT2D eigenvalue weighted by molar-refractivity contribution is 6.02. The predicted octanol–water partition coefficient (Wildman–Crippen LogP) is 1.25. The maximum atomic E-state index is 12.2. The van der Waals surface area contributed by atoms with Gasteiger partial charge in [0.15, 0.2) is 11.5 Å². The van der Waals surface area contributed by atoms with Crippen LogP contribution in [-0.2, 0) is 9.59 Å². The molecule has 27 heavy (non-hydrogen) atoms. The fraction of sp³-hybridized carbons (Fsp3) is 0.500. The number of likely N-dealkylation sites (tertiary alicyclic amines) is 1. The topological polar surface area (TPSA) is 117 Å². The van der Waals surface area contributed by atoms with Gasteiger partial charge in [0, 0.05) is 24.8 Å². The number of hydrogen-bond donors (Lipinski definition) is 3. The Kier molecular flexibility index (Phi) is 4.39. The molecule has 0 aromatic heterocycles. The Balaban J connectivity index is 1.29. The summed E-state index contributed by atoms with van der Waals surface area (Å²) in [5.41, 5.74) is -0.264. The van der Waals surface area contributed by atoms with E-state index in [0.29, 0.717) is 36.7 Å². The Hall–Kier alpha value is -2.81. The lowest BCUT2D eigenvalue weighted by molar-refractivity contribution is -0.149. The molecule has 3 N–H and O–H groups in total. The zero-order chi connectivity index (χ0) is 19.0. The average molecular weight is 375 g/mol. The number of ether oxygens (including phenoxy) is 2. The molecule has 0 radical (unpaired) electrons. The van der Waals surface area contributed by atoms with Crippen molar-refractivity contribution in [2.24, 2.45) is 11.3 Å². The van der Waals surface area contributed by atoms with E-state index in [2.05, 4.69) is 10.6 Å². The van der Waals surface area contributed by atoms with Crippen LogP contribution in [0.2, 0.25) is 0 Å². The highest BCUT2D eigenvalue weighted by Gasteiger charge is 2.54. The summed E-state index contributed by atoms with van der Waals surface area (Å²) in [6.07, 6.45) is 2.43. The fourth-order valence-electron chi connectivity index (χ4n) is 4.37. The summed E-state index contributed by atoms with van der Waals surface area (Å²) in [4.78, 5) is 37.7. The van der Waals surface area contributed by atoms with Gasteiger partial charge in [0.1, 0.15) is 0 Å². The van der Waals surface area contributed by atoms with E-state index in [0.717, 1.165) is 12.8 Å². The number of imide groups is 1. The summed E-state index contributed by atoms with van der Waals surface area (Å²) in [7, 11) is 0. The van der Waals surface area contributed by atoms with Crippen molar-refractivity contribution in [3.8, 4) is 11.5 Å². The maximum Gasteiger partial charge on any atom is 0.325 e. The third kappa shape index (κ3) is 3.30. The van der Waals surface area contributed by atoms with Gasteiger partial charge in [-0.25, -0.2) is 4.79 Å². The van der Waals surface area contributed by atoms with Crippen molar-refractivity contribution < 1.29 is 29.0 Å². The standard InChI is InChI=1S/C18H21N3O6/c22-15(8-21-7-11-2-1-5-18(11,9-21)16(23)24)20-17(25)19-12-3-4-13-14(6-12)27-10-26-13/h3-4,6,11H,1-2,5,7-10H2,(H,23,24)(H2,19,20,22,25)/t11-,18+/m0/s1. The number of nitrogens with one attached hydrogen (secondary N) is 2. The Bertz CT molecular complexity index is 797. The molecule has 1 saturated carbocycles. The van der Waals surface area contributed by atoms with Gasteiger partial charge < -0.3 is 19.9 Å². The van der Waals surface area contributed by atoms with E-state index in [4.69, 9.17) is 9.47 Å². The van der Waals surface area contributed by atoms with E-state index in [1.54, 1.807) is 18.2 Å². The van der Waals surface area contributed by atoms with Crippen LogP contribution < -0.4 is 20.1 Å². The van der Waals surface area contributed by atoms with Crippen LogP contribution in [0, 0.1) is 11.3 Å². The molecule has 2 fully saturated rings. The summed E-state index contributed by atoms with van der Waals surface area (Å²) in [6.45, 7) is 1.06. The number of amides is 3. The largest absolute Gasteiger partial charge is 0.481 e. The zero-order valence-electron chi connectivity index (χ0n) is 14.7. The molecule has 3 aliphatic rings. The van der Waals surface area contributed by atoms with Gasteiger partial charge in [-0.3, -0.25) is 19.8 Å². The predicted molar refractivity (Wildman–Crippen MR) is 93.6 cm³/mol. The normalized spacial score (nSPS) is 25.9. The van der Waals surface area contributed by atoms with Gasteiger partial charge >= 0.3 is 12.0 Å². The fourth-order valence-corrected chi connectivity index (χ4v) is 4.37. The molecule has 0 unspecified atom stereocenters. The first kappa shape index (κ1) is 17.6. The Morgan fingerprint density at radius 1 is 1.26 bits per heavy atom. The minimum absolute atomic E-state index is 0.0000882. The minimum atomic E-state index is -0.784. The molecule has 1 aromatic rings. The summed E-state index contributed by atoms with van der Waals surface area (Å²) < 4.78 is 10.4. The van der Waals surface area contributed by atoms with Crippen molar-refractivity contribution in [1.82, 2.24) is 10.2 Å². The SMILES string of the molecule is O=C(CN1C[C@@H]2CCC[C@@]2(C(=O)O)C1)NC(=O)Nc1ccc2c(c1)OCO2. The lowest BCUT2D eigenvalue weighted by atomic mass is 9.81. The molecule has 144 valence electrons. The molecule has 2 aliphatic heterocycles. The first-order valence-corrected chi connectivity index (χ1v) is 8.92. The second-order valence-electron chi connectivity index (χ2n) is 7.29. The van der Waals surface area contributed by atoms with E-state index in [-0.39, 0.29) is 19.3 Å². The van der Waals surface area contributed by atoms with Crippen LogP contribution in [0.25, 0.3) is 0 Å². The summed E-state index contributed by atoms with van der Waals surface area (Å²) in [5.74, 6) is -0.0434. The number of carbonyl (C=O) groups excluding carboxylic acids is 2. The Morgan fingerprint density at radius 2 is 2.07 bits per heavy atom. The summed E-state index contributed by atoms with van der Waals surface area (Å²) in [6, 6.07) is 4.29. The van der Waals surface area contributed by atoms with Crippen molar-refractivity contribution in [3.05, 3.63) is 18.2 Å². The van der Waals surface area contributed by atoms with Gasteiger partial charge in [0.05, 0.1) is 12.0 Å². The van der Waals surface area contributed by atoms with E-state index >= 15 is 0 Å². The molecule has 4 rings (SSSR count). The summed E-state index contributed by atoms with van der Waals surface area (Å²) >= 11 is 0. The van der Waals surface area contributed by atoms with Gasteiger partial charge in [0.2, 0.25) is 12.7 Å². The monoisotopic (exact) mass is 375 g/mol. The molecule has 2 heterocycles. The molecule has 1 aromatic carbocycles. The lowest BCUT2D eigenvalue weighted by Gasteiger charge is -2.23. The number of urea groups is 1. The van der Waals surface area contributed by atoms with Crippen molar-refractivity contribution in [2.45, 2.75) is 19.3 Å². The number of hydrogen-bond acceptors (Lipinski definition) is 6. The number of carboxylic acid groups (broad SMARTS) is 1. The van der Waals surface area contributed by atoms with E-state index < -0.39 is 23.3 Å². The van der Waals surface area contributed by atoms with Gasteiger partial charge in [0.25, 0.3) is 0 Å². The molecule has 1 saturated heterocycles. The third-order valence-corrected chi connectivity index (χ3v) is 5.62. The zero-order valence-corrected chi connectivity index (χ0v) is 14.7. The first-order valence-electron chi connectivity index (χ1n) is 8.92. The number of carboxylic acids is 1. The molecular formula is C18H21N3O6. The number of aliphatic carboxylic acids is 1. The molecule has 2 atom stereocenters. The Labute approximate surface area is 155 Å². The van der Waals surface area contributed by atoms with E-state index in [1.165, 1.54) is 0 Å². The van der Waals surface area contributed by atoms with Crippen molar-refractivity contribution in [1.29, 1.82) is 0 Å². The van der Waals surface area contributed by atoms with Gasteiger partial charge in [-0.1, -0.05) is 6.42 Å². The van der Waals surface area contributed by atoms with Crippen LogP contribution in [0.15, 0.2) is 18.2 Å². The van der Waals surface area contributed by atoms with Crippen LogP contribution in [0.3, 0.4) is 0 Å². The van der Waals surface area contributed by atoms with Crippen LogP contribution in [-0.4, -0.2) is 54.3 Å². The number of anilines is 1. The molecule has 0 bridgehead atoms. The quantitative estimate of drug-likeness (QED) is 0.725.